The third-order valence-corrected chi connectivity index (χ3v) is 1.53. The van der Waals surface area contributed by atoms with Crippen molar-refractivity contribution in [2.24, 2.45) is 0 Å². The van der Waals surface area contributed by atoms with Crippen LogP contribution in [-0.2, 0) is 0 Å². The standard InChI is InChI=1S/C6H8N2/c1-2-5-6(3-1)8-4-7-5/h1-3,5,7-8H,4H2. The van der Waals surface area contributed by atoms with Crippen LogP contribution in [0.15, 0.2) is 23.9 Å². The molecule has 2 heteroatoms. The predicted molar refractivity (Wildman–Crippen MR) is 32.1 cm³/mol. The Bertz CT molecular complexity index is 158. The molecule has 0 aromatic carbocycles. The molecule has 1 fully saturated rings. The van der Waals surface area contributed by atoms with Gasteiger partial charge in [-0.25, -0.2) is 0 Å². The number of allylic oxidation sites excluding steroid dienone is 2. The Morgan fingerprint density at radius 3 is 3.50 bits per heavy atom. The lowest BCUT2D eigenvalue weighted by Gasteiger charge is -1.96. The van der Waals surface area contributed by atoms with Gasteiger partial charge in [0.2, 0.25) is 0 Å². The minimum absolute atomic E-state index is 0.495. The van der Waals surface area contributed by atoms with Crippen LogP contribution in [0.4, 0.5) is 0 Å². The van der Waals surface area contributed by atoms with Gasteiger partial charge in [0.05, 0.1) is 12.7 Å². The van der Waals surface area contributed by atoms with Gasteiger partial charge in [-0.3, -0.25) is 5.32 Å². The van der Waals surface area contributed by atoms with Crippen molar-refractivity contribution in [3.63, 3.8) is 0 Å². The van der Waals surface area contributed by atoms with Crippen LogP contribution in [0.3, 0.4) is 0 Å². The Labute approximate surface area is 48.3 Å². The van der Waals surface area contributed by atoms with E-state index in [2.05, 4.69) is 28.9 Å². The van der Waals surface area contributed by atoms with Gasteiger partial charge in [-0.15, -0.1) is 0 Å². The summed E-state index contributed by atoms with van der Waals surface area (Å²) in [6.45, 7) is 0.918. The van der Waals surface area contributed by atoms with Gasteiger partial charge >= 0.3 is 0 Å². The number of rotatable bonds is 0. The Morgan fingerprint density at radius 1 is 1.62 bits per heavy atom. The number of fused-ring (bicyclic) bond motifs is 1. The van der Waals surface area contributed by atoms with E-state index in [1.165, 1.54) is 5.70 Å². The second-order valence-corrected chi connectivity index (χ2v) is 2.04. The monoisotopic (exact) mass is 108 g/mol. The Morgan fingerprint density at radius 2 is 2.62 bits per heavy atom. The molecule has 2 rings (SSSR count). The van der Waals surface area contributed by atoms with Crippen LogP contribution in [0, 0.1) is 0 Å². The summed E-state index contributed by atoms with van der Waals surface area (Å²) in [4.78, 5) is 0. The lowest BCUT2D eigenvalue weighted by atomic mass is 10.3. The van der Waals surface area contributed by atoms with Gasteiger partial charge in [0.25, 0.3) is 0 Å². The van der Waals surface area contributed by atoms with E-state index < -0.39 is 0 Å². The maximum Gasteiger partial charge on any atom is 0.0672 e. The highest BCUT2D eigenvalue weighted by molar-refractivity contribution is 5.31. The third-order valence-electron chi connectivity index (χ3n) is 1.53. The lowest BCUT2D eigenvalue weighted by molar-refractivity contribution is 0.759. The average Bonchev–Trinajstić information content (AvgIpc) is 2.15. The highest BCUT2D eigenvalue weighted by Gasteiger charge is 2.17. The molecule has 1 aliphatic carbocycles. The molecule has 0 aromatic rings. The van der Waals surface area contributed by atoms with Crippen LogP contribution >= 0.6 is 0 Å². The molecule has 0 saturated carbocycles. The van der Waals surface area contributed by atoms with Gasteiger partial charge < -0.3 is 5.32 Å². The van der Waals surface area contributed by atoms with Crippen molar-refractivity contribution >= 4 is 0 Å². The number of hydrogen-bond donors (Lipinski definition) is 2. The first-order chi connectivity index (χ1) is 3.97. The smallest absolute Gasteiger partial charge is 0.0672 e. The van der Waals surface area contributed by atoms with Crippen LogP contribution in [0.2, 0.25) is 0 Å². The van der Waals surface area contributed by atoms with Gasteiger partial charge in [0.1, 0.15) is 0 Å². The third kappa shape index (κ3) is 0.406. The summed E-state index contributed by atoms with van der Waals surface area (Å²) in [6.07, 6.45) is 6.32. The van der Waals surface area contributed by atoms with Crippen molar-refractivity contribution in [2.45, 2.75) is 6.04 Å². The molecular weight excluding hydrogens is 100 g/mol. The van der Waals surface area contributed by atoms with Crippen LogP contribution in [-0.4, -0.2) is 12.7 Å². The molecule has 2 N–H and O–H groups in total. The molecule has 0 bridgehead atoms. The zero-order valence-electron chi connectivity index (χ0n) is 4.52. The van der Waals surface area contributed by atoms with Crippen molar-refractivity contribution in [3.05, 3.63) is 23.9 Å². The fourth-order valence-corrected chi connectivity index (χ4v) is 1.09. The topological polar surface area (TPSA) is 24.1 Å². The van der Waals surface area contributed by atoms with Gasteiger partial charge in [0, 0.05) is 5.70 Å². The first-order valence-electron chi connectivity index (χ1n) is 2.82. The van der Waals surface area contributed by atoms with Gasteiger partial charge in [-0.1, -0.05) is 12.2 Å². The highest BCUT2D eigenvalue weighted by Crippen LogP contribution is 2.11. The molecule has 42 valence electrons. The first kappa shape index (κ1) is 4.15. The Kier molecular flexibility index (Phi) is 0.704. The fraction of sp³-hybridized carbons (Fsp3) is 0.333. The van der Waals surface area contributed by atoms with Crippen LogP contribution in [0.25, 0.3) is 0 Å². The summed E-state index contributed by atoms with van der Waals surface area (Å²) >= 11 is 0. The van der Waals surface area contributed by atoms with E-state index in [1.807, 2.05) is 0 Å². The fourth-order valence-electron chi connectivity index (χ4n) is 1.09. The summed E-state index contributed by atoms with van der Waals surface area (Å²) in [7, 11) is 0. The summed E-state index contributed by atoms with van der Waals surface area (Å²) in [5.41, 5.74) is 1.31. The molecule has 0 radical (unpaired) electrons. The summed E-state index contributed by atoms with van der Waals surface area (Å²) in [6, 6.07) is 0.495. The molecule has 0 aromatic heterocycles. The summed E-state index contributed by atoms with van der Waals surface area (Å²) in [5.74, 6) is 0. The lowest BCUT2D eigenvalue weighted by Crippen LogP contribution is -2.18. The maximum absolute atomic E-state index is 3.25. The van der Waals surface area contributed by atoms with E-state index in [9.17, 15) is 0 Å². The molecule has 8 heavy (non-hydrogen) atoms. The number of hydrogen-bond acceptors (Lipinski definition) is 2. The van der Waals surface area contributed by atoms with E-state index >= 15 is 0 Å². The number of nitrogens with one attached hydrogen (secondary N) is 2. The van der Waals surface area contributed by atoms with Gasteiger partial charge in [-0.2, -0.15) is 0 Å². The quantitative estimate of drug-likeness (QED) is 0.455. The van der Waals surface area contributed by atoms with Crippen molar-refractivity contribution < 1.29 is 0 Å². The van der Waals surface area contributed by atoms with Crippen LogP contribution < -0.4 is 10.6 Å². The molecule has 0 amide bonds. The van der Waals surface area contributed by atoms with E-state index in [0.29, 0.717) is 6.04 Å². The normalized spacial score (nSPS) is 32.0. The van der Waals surface area contributed by atoms with Crippen molar-refractivity contribution in [1.29, 1.82) is 0 Å². The second-order valence-electron chi connectivity index (χ2n) is 2.04. The zero-order chi connectivity index (χ0) is 5.40. The molecular formula is C6H8N2. The largest absolute Gasteiger partial charge is 0.374 e. The van der Waals surface area contributed by atoms with Gasteiger partial charge in [0.15, 0.2) is 0 Å². The van der Waals surface area contributed by atoms with Crippen molar-refractivity contribution in [1.82, 2.24) is 10.6 Å². The van der Waals surface area contributed by atoms with E-state index in [-0.39, 0.29) is 0 Å². The Hall–Kier alpha value is -0.760. The molecule has 1 heterocycles. The maximum atomic E-state index is 3.25. The second kappa shape index (κ2) is 1.36. The molecule has 1 atom stereocenters. The van der Waals surface area contributed by atoms with E-state index in [4.69, 9.17) is 0 Å². The molecule has 0 spiro atoms. The molecule has 1 unspecified atom stereocenters. The van der Waals surface area contributed by atoms with Crippen LogP contribution in [0.1, 0.15) is 0 Å². The minimum Gasteiger partial charge on any atom is -0.374 e. The average molecular weight is 108 g/mol. The highest BCUT2D eigenvalue weighted by atomic mass is 15.2. The van der Waals surface area contributed by atoms with E-state index in [0.717, 1.165) is 6.67 Å². The summed E-state index contributed by atoms with van der Waals surface area (Å²) in [5, 5.41) is 6.46. The summed E-state index contributed by atoms with van der Waals surface area (Å²) < 4.78 is 0. The van der Waals surface area contributed by atoms with Gasteiger partial charge in [-0.05, 0) is 6.08 Å². The Balaban J connectivity index is 2.29. The van der Waals surface area contributed by atoms with Crippen molar-refractivity contribution in [2.75, 3.05) is 6.67 Å². The molecule has 2 aliphatic rings. The zero-order valence-corrected chi connectivity index (χ0v) is 4.52. The predicted octanol–water partition coefficient (Wildman–Crippen LogP) is -0.0410. The van der Waals surface area contributed by atoms with Crippen LogP contribution in [0.5, 0.6) is 0 Å². The first-order valence-corrected chi connectivity index (χ1v) is 2.82. The minimum atomic E-state index is 0.495. The molecule has 2 nitrogen and oxygen atoms in total. The van der Waals surface area contributed by atoms with Crippen molar-refractivity contribution in [3.8, 4) is 0 Å². The molecule has 1 saturated heterocycles. The van der Waals surface area contributed by atoms with E-state index in [1.54, 1.807) is 0 Å². The SMILES string of the molecule is C1=CC2NCNC2=C1. The molecule has 1 aliphatic heterocycles.